The monoisotopic (exact) mass is 235 g/mol. The number of hydrogen-bond donors (Lipinski definition) is 1. The Kier molecular flexibility index (Phi) is 2.89. The minimum Gasteiger partial charge on any atom is -0.398 e. The van der Waals surface area contributed by atoms with E-state index in [4.69, 9.17) is 16.3 Å². The van der Waals surface area contributed by atoms with E-state index in [1.807, 2.05) is 12.1 Å². The Hall–Kier alpha value is -1.52. The summed E-state index contributed by atoms with van der Waals surface area (Å²) in [4.78, 5) is 0. The van der Waals surface area contributed by atoms with Gasteiger partial charge in [0.05, 0.1) is 24.1 Å². The van der Waals surface area contributed by atoms with Crippen LogP contribution < -0.4 is 5.73 Å². The first-order chi connectivity index (χ1) is 6.19. The Morgan fingerprint density at radius 3 is 2.62 bits per heavy atom. The van der Waals surface area contributed by atoms with Gasteiger partial charge in [-0.25, -0.2) is 0 Å². The Morgan fingerprint density at radius 2 is 2.08 bits per heavy atom. The van der Waals surface area contributed by atoms with Crippen LogP contribution in [0.3, 0.4) is 0 Å². The van der Waals surface area contributed by atoms with E-state index < -0.39 is 0 Å². The Balaban J connectivity index is 3.28. The van der Waals surface area contributed by atoms with Gasteiger partial charge < -0.3 is 5.73 Å². The maximum Gasteiger partial charge on any atom is 0.0995 e. The average molecular weight is 236 g/mol. The summed E-state index contributed by atoms with van der Waals surface area (Å²) in [5.41, 5.74) is 7.25. The van der Waals surface area contributed by atoms with Crippen LogP contribution in [-0.2, 0) is 6.42 Å². The second-order valence-corrected chi connectivity index (χ2v) is 3.33. The summed E-state index contributed by atoms with van der Waals surface area (Å²) in [6, 6.07) is 7.26. The molecule has 2 N–H and O–H groups in total. The van der Waals surface area contributed by atoms with E-state index in [1.54, 1.807) is 12.1 Å². The van der Waals surface area contributed by atoms with Crippen molar-refractivity contribution < 1.29 is 0 Å². The minimum absolute atomic E-state index is 0.224. The zero-order valence-corrected chi connectivity index (χ0v) is 8.30. The number of halogens is 1. The molecule has 0 atom stereocenters. The van der Waals surface area contributed by atoms with Crippen molar-refractivity contribution in [2.24, 2.45) is 0 Å². The standard InChI is InChI=1S/C9H6BrN3/c10-8-3-6(1-2-11)7(5-12)4-9(8)13/h3-4H,1,13H2. The zero-order chi connectivity index (χ0) is 9.84. The van der Waals surface area contributed by atoms with Crippen molar-refractivity contribution in [2.75, 3.05) is 5.73 Å². The van der Waals surface area contributed by atoms with Crippen LogP contribution >= 0.6 is 15.9 Å². The summed E-state index contributed by atoms with van der Waals surface area (Å²) >= 11 is 3.24. The molecule has 1 aromatic rings. The molecule has 0 aromatic heterocycles. The second-order valence-electron chi connectivity index (χ2n) is 2.48. The van der Waals surface area contributed by atoms with E-state index in [0.29, 0.717) is 16.8 Å². The van der Waals surface area contributed by atoms with Crippen LogP contribution in [0.15, 0.2) is 16.6 Å². The Labute approximate surface area is 84.5 Å². The van der Waals surface area contributed by atoms with Gasteiger partial charge in [0, 0.05) is 10.2 Å². The number of rotatable bonds is 1. The lowest BCUT2D eigenvalue weighted by atomic mass is 10.1. The van der Waals surface area contributed by atoms with E-state index >= 15 is 0 Å². The van der Waals surface area contributed by atoms with Crippen LogP contribution in [0.1, 0.15) is 11.1 Å². The first-order valence-electron chi connectivity index (χ1n) is 3.54. The van der Waals surface area contributed by atoms with Gasteiger partial charge in [-0.1, -0.05) is 0 Å². The van der Waals surface area contributed by atoms with Crippen LogP contribution in [-0.4, -0.2) is 0 Å². The summed E-state index contributed by atoms with van der Waals surface area (Å²) in [7, 11) is 0. The fourth-order valence-electron chi connectivity index (χ4n) is 0.967. The number of nitrogens with zero attached hydrogens (tertiary/aromatic N) is 2. The normalized spacial score (nSPS) is 8.85. The van der Waals surface area contributed by atoms with Gasteiger partial charge in [0.15, 0.2) is 0 Å². The molecule has 0 saturated carbocycles. The predicted octanol–water partition coefficient (Wildman–Crippen LogP) is 1.97. The van der Waals surface area contributed by atoms with Gasteiger partial charge in [0.25, 0.3) is 0 Å². The van der Waals surface area contributed by atoms with Crippen molar-refractivity contribution >= 4 is 21.6 Å². The molecule has 0 aliphatic carbocycles. The molecule has 0 bridgehead atoms. The first kappa shape index (κ1) is 9.57. The van der Waals surface area contributed by atoms with Gasteiger partial charge in [-0.05, 0) is 33.6 Å². The molecular weight excluding hydrogens is 230 g/mol. The highest BCUT2D eigenvalue weighted by molar-refractivity contribution is 9.10. The maximum atomic E-state index is 8.73. The molecule has 64 valence electrons. The van der Waals surface area contributed by atoms with Crippen LogP contribution in [0.25, 0.3) is 0 Å². The predicted molar refractivity (Wildman–Crippen MR) is 52.6 cm³/mol. The molecule has 1 aromatic carbocycles. The SMILES string of the molecule is N#CCc1cc(Br)c(N)cc1C#N. The number of nitrogens with two attached hydrogens (primary N) is 1. The van der Waals surface area contributed by atoms with E-state index in [-0.39, 0.29) is 6.42 Å². The molecule has 0 amide bonds. The van der Waals surface area contributed by atoms with Crippen molar-refractivity contribution in [1.29, 1.82) is 10.5 Å². The largest absolute Gasteiger partial charge is 0.398 e. The van der Waals surface area contributed by atoms with Gasteiger partial charge in [-0.2, -0.15) is 10.5 Å². The van der Waals surface area contributed by atoms with Crippen molar-refractivity contribution in [3.05, 3.63) is 27.7 Å². The summed E-state index contributed by atoms with van der Waals surface area (Å²) in [6.45, 7) is 0. The van der Waals surface area contributed by atoms with Crippen molar-refractivity contribution in [2.45, 2.75) is 6.42 Å². The lowest BCUT2D eigenvalue weighted by Gasteiger charge is -2.02. The van der Waals surface area contributed by atoms with Crippen LogP contribution in [0.4, 0.5) is 5.69 Å². The molecule has 0 aliphatic heterocycles. The fraction of sp³-hybridized carbons (Fsp3) is 0.111. The van der Waals surface area contributed by atoms with E-state index in [0.717, 1.165) is 4.47 Å². The molecule has 0 unspecified atom stereocenters. The molecule has 0 spiro atoms. The van der Waals surface area contributed by atoms with Crippen molar-refractivity contribution in [1.82, 2.24) is 0 Å². The molecule has 3 nitrogen and oxygen atoms in total. The van der Waals surface area contributed by atoms with Gasteiger partial charge in [0.1, 0.15) is 0 Å². The van der Waals surface area contributed by atoms with Crippen LogP contribution in [0, 0.1) is 22.7 Å². The van der Waals surface area contributed by atoms with Gasteiger partial charge in [-0.15, -0.1) is 0 Å². The van der Waals surface area contributed by atoms with Crippen LogP contribution in [0.2, 0.25) is 0 Å². The molecule has 0 radical (unpaired) electrons. The topological polar surface area (TPSA) is 73.6 Å². The number of benzene rings is 1. The number of hydrogen-bond acceptors (Lipinski definition) is 3. The molecular formula is C9H6BrN3. The zero-order valence-electron chi connectivity index (χ0n) is 6.71. The van der Waals surface area contributed by atoms with Gasteiger partial charge >= 0.3 is 0 Å². The highest BCUT2D eigenvalue weighted by Gasteiger charge is 2.05. The lowest BCUT2D eigenvalue weighted by Crippen LogP contribution is -1.93. The minimum atomic E-state index is 0.224. The molecule has 1 rings (SSSR count). The molecule has 13 heavy (non-hydrogen) atoms. The van der Waals surface area contributed by atoms with Gasteiger partial charge in [-0.3, -0.25) is 0 Å². The lowest BCUT2D eigenvalue weighted by molar-refractivity contribution is 1.24. The first-order valence-corrected chi connectivity index (χ1v) is 4.33. The highest BCUT2D eigenvalue weighted by Crippen LogP contribution is 2.23. The van der Waals surface area contributed by atoms with Crippen LogP contribution in [0.5, 0.6) is 0 Å². The Bertz CT molecular complexity index is 412. The summed E-state index contributed by atoms with van der Waals surface area (Å²) in [6.07, 6.45) is 0.224. The second kappa shape index (κ2) is 3.93. The summed E-state index contributed by atoms with van der Waals surface area (Å²) < 4.78 is 0.719. The average Bonchev–Trinajstić information content (AvgIpc) is 2.11. The number of anilines is 1. The smallest absolute Gasteiger partial charge is 0.0995 e. The molecule has 4 heteroatoms. The molecule has 0 saturated heterocycles. The third-order valence-corrected chi connectivity index (χ3v) is 2.30. The Morgan fingerprint density at radius 1 is 1.38 bits per heavy atom. The molecule has 0 heterocycles. The molecule has 0 aliphatic rings. The quantitative estimate of drug-likeness (QED) is 0.757. The summed E-state index contributed by atoms with van der Waals surface area (Å²) in [5, 5.41) is 17.2. The van der Waals surface area contributed by atoms with E-state index in [9.17, 15) is 0 Å². The van der Waals surface area contributed by atoms with Crippen molar-refractivity contribution in [3.8, 4) is 12.1 Å². The van der Waals surface area contributed by atoms with E-state index in [2.05, 4.69) is 15.9 Å². The third-order valence-electron chi connectivity index (χ3n) is 1.61. The third kappa shape index (κ3) is 1.99. The molecule has 0 fully saturated rings. The van der Waals surface area contributed by atoms with Gasteiger partial charge in [0.2, 0.25) is 0 Å². The fourth-order valence-corrected chi connectivity index (χ4v) is 1.36. The maximum absolute atomic E-state index is 8.73. The van der Waals surface area contributed by atoms with E-state index in [1.165, 1.54) is 0 Å². The highest BCUT2D eigenvalue weighted by atomic mass is 79.9. The summed E-state index contributed by atoms with van der Waals surface area (Å²) in [5.74, 6) is 0. The number of nitrogen functional groups attached to an aromatic ring is 1. The number of nitriles is 2. The van der Waals surface area contributed by atoms with Crippen molar-refractivity contribution in [3.63, 3.8) is 0 Å².